The van der Waals surface area contributed by atoms with Crippen LogP contribution in [0.2, 0.25) is 0 Å². The Balaban J connectivity index is 1.20. The Morgan fingerprint density at radius 1 is 0.250 bits per heavy atom. The van der Waals surface area contributed by atoms with Crippen LogP contribution in [0, 0.1) is 0 Å². The quantitative estimate of drug-likeness (QED) is 0.0363. The normalized spacial score (nSPS) is 47.2. The van der Waals surface area contributed by atoms with E-state index in [0.29, 0.717) is 0 Å². The molecule has 0 radical (unpaired) electrons. The highest BCUT2D eigenvalue weighted by molar-refractivity contribution is 5.75. The number of rotatable bonds is 27. The van der Waals surface area contributed by atoms with E-state index < -0.39 is 328 Å². The third kappa shape index (κ3) is 19.2. The standard InChI is InChI=1S/C58H97N5O41/c1-14(71)59-27-40(84)45(23(10-68)91-51(27)89)99-55-31(63-18(5)75)41(85)46(24(11-69)96-55)101-56-44(88)48(36(80)26(98-56)13-90-57-49(42(86)35(79)22(9-67)95-57)103-53-29(61-16(3)73)38(82)33(77)20(7-65)93-53)102-58-50(104-54-30(62-17(4)74)39(83)34(78)21(8-66)94-54)43(87)47(25(12-70)97-58)100-52-28(60-15(2)72)37(81)32(76)19(6-64)92-52/h19-58,64-70,76-89H,6-13H2,1-5H3,(H,59,71)(H,60,72)(H,61,73)(H,62,74)(H,63,75). The summed E-state index contributed by atoms with van der Waals surface area (Å²) in [6.07, 6.45) is -72.3. The summed E-state index contributed by atoms with van der Waals surface area (Å²) in [6, 6.07) is -8.89. The largest absolute Gasteiger partial charge is 0.394 e. The van der Waals surface area contributed by atoms with E-state index in [2.05, 4.69) is 26.6 Å². The number of aliphatic hydroxyl groups is 21. The molecule has 40 unspecified atom stereocenters. The molecule has 600 valence electrons. The number of nitrogens with one attached hydrogen (secondary N) is 5. The molecular weight excluding hydrogens is 1420 g/mol. The van der Waals surface area contributed by atoms with Gasteiger partial charge in [-0.2, -0.15) is 0 Å². The zero-order valence-corrected chi connectivity index (χ0v) is 56.3. The van der Waals surface area contributed by atoms with Crippen LogP contribution < -0.4 is 26.6 Å². The summed E-state index contributed by atoms with van der Waals surface area (Å²) in [7, 11) is 0. The second-order valence-corrected chi connectivity index (χ2v) is 26.1. The molecule has 46 heteroatoms. The van der Waals surface area contributed by atoms with Crippen LogP contribution in [0.25, 0.3) is 0 Å². The number of carbonyl (C=O) groups excluding carboxylic acids is 5. The molecule has 26 N–H and O–H groups in total. The third-order valence-electron chi connectivity index (χ3n) is 18.7. The zero-order chi connectivity index (χ0) is 76.8. The average Bonchev–Trinajstić information content (AvgIpc) is 0.774. The molecule has 104 heavy (non-hydrogen) atoms. The summed E-state index contributed by atoms with van der Waals surface area (Å²) in [6.45, 7) is -3.74. The summed E-state index contributed by atoms with van der Waals surface area (Å²) in [4.78, 5) is 62.7. The lowest BCUT2D eigenvalue weighted by Crippen LogP contribution is -2.71. The fraction of sp³-hybridized carbons (Fsp3) is 0.914. The van der Waals surface area contributed by atoms with Gasteiger partial charge in [0.1, 0.15) is 195 Å². The van der Waals surface area contributed by atoms with Crippen molar-refractivity contribution in [3.8, 4) is 0 Å². The lowest BCUT2D eigenvalue weighted by Gasteiger charge is -2.51. The third-order valence-corrected chi connectivity index (χ3v) is 18.7. The second-order valence-electron chi connectivity index (χ2n) is 26.1. The van der Waals surface area contributed by atoms with Gasteiger partial charge >= 0.3 is 0 Å². The maximum atomic E-state index is 13.0. The van der Waals surface area contributed by atoms with Crippen LogP contribution in [0.4, 0.5) is 0 Å². The van der Waals surface area contributed by atoms with E-state index in [1.807, 2.05) is 0 Å². The number of aliphatic hydroxyl groups excluding tert-OH is 21. The van der Waals surface area contributed by atoms with Gasteiger partial charge in [-0.3, -0.25) is 24.0 Å². The maximum Gasteiger partial charge on any atom is 0.217 e. The Bertz CT molecular complexity index is 2770. The van der Waals surface area contributed by atoms with Crippen LogP contribution >= 0.6 is 0 Å². The molecule has 40 atom stereocenters. The van der Waals surface area contributed by atoms with Gasteiger partial charge in [0.05, 0.1) is 52.9 Å². The van der Waals surface area contributed by atoms with E-state index in [9.17, 15) is 131 Å². The molecule has 5 amide bonds. The molecule has 0 bridgehead atoms. The summed E-state index contributed by atoms with van der Waals surface area (Å²) in [5.74, 6) is -4.30. The monoisotopic (exact) mass is 1520 g/mol. The predicted octanol–water partition coefficient (Wildman–Crippen LogP) is -17.7. The van der Waals surface area contributed by atoms with Crippen LogP contribution in [0.1, 0.15) is 34.6 Å². The van der Waals surface area contributed by atoms with Crippen LogP contribution in [-0.2, 0) is 95.0 Å². The summed E-state index contributed by atoms with van der Waals surface area (Å²) in [5, 5.41) is 246. The molecule has 8 rings (SSSR count). The van der Waals surface area contributed by atoms with Crippen molar-refractivity contribution in [3.05, 3.63) is 0 Å². The summed E-state index contributed by atoms with van der Waals surface area (Å²) >= 11 is 0. The minimum absolute atomic E-state index is 0.777. The first-order valence-electron chi connectivity index (χ1n) is 33.1. The van der Waals surface area contributed by atoms with Gasteiger partial charge in [-0.25, -0.2) is 0 Å². The van der Waals surface area contributed by atoms with Crippen molar-refractivity contribution in [1.82, 2.24) is 26.6 Å². The maximum absolute atomic E-state index is 13.0. The van der Waals surface area contributed by atoms with Crippen LogP contribution in [0.15, 0.2) is 0 Å². The Kier molecular flexibility index (Phi) is 30.9. The van der Waals surface area contributed by atoms with Gasteiger partial charge in [-0.05, 0) is 0 Å². The van der Waals surface area contributed by atoms with E-state index in [1.54, 1.807) is 0 Å². The molecular formula is C58H97N5O41. The van der Waals surface area contributed by atoms with E-state index in [1.165, 1.54) is 0 Å². The summed E-state index contributed by atoms with van der Waals surface area (Å²) < 4.78 is 89.9. The highest BCUT2D eigenvalue weighted by Gasteiger charge is 2.61. The van der Waals surface area contributed by atoms with Gasteiger partial charge in [0.25, 0.3) is 0 Å². The molecule has 0 saturated carbocycles. The smallest absolute Gasteiger partial charge is 0.217 e. The first-order valence-corrected chi connectivity index (χ1v) is 33.1. The molecule has 46 nitrogen and oxygen atoms in total. The predicted molar refractivity (Wildman–Crippen MR) is 322 cm³/mol. The number of hydrogen-bond acceptors (Lipinski definition) is 41. The Morgan fingerprint density at radius 3 is 0.904 bits per heavy atom. The molecule has 8 heterocycles. The molecule has 8 fully saturated rings. The lowest BCUT2D eigenvalue weighted by molar-refractivity contribution is -0.403. The fourth-order valence-electron chi connectivity index (χ4n) is 13.4. The molecule has 0 aromatic carbocycles. The van der Waals surface area contributed by atoms with Gasteiger partial charge in [0, 0.05) is 34.6 Å². The molecule has 0 aromatic heterocycles. The van der Waals surface area contributed by atoms with Gasteiger partial charge < -0.3 is 205 Å². The lowest BCUT2D eigenvalue weighted by atomic mass is 9.93. The average molecular weight is 1520 g/mol. The van der Waals surface area contributed by atoms with Crippen molar-refractivity contribution in [2.24, 2.45) is 0 Å². The SMILES string of the molecule is CC(=O)NC1C(O)OC(CO)C(OC2OC(CO)C(OC3OC(COC4OC(CO)C(O)C(O)C4OC4OC(CO)C(O)C(O)C4NC(C)=O)C(O)C(OC4OC(CO)C(OC5OC(CO)C(O)C(O)C5NC(C)=O)C(O)C4OC4OC(CO)C(O)C(O)C4NC(C)=O)C3O)C(O)C2NC(C)=O)C1O. The Hall–Kier alpha value is -4.09. The van der Waals surface area contributed by atoms with Crippen molar-refractivity contribution in [2.75, 3.05) is 52.9 Å². The molecule has 0 aliphatic carbocycles. The number of hydrogen-bond donors (Lipinski definition) is 26. The van der Waals surface area contributed by atoms with Gasteiger partial charge in [0.15, 0.2) is 50.3 Å². The van der Waals surface area contributed by atoms with Crippen LogP contribution in [0.5, 0.6) is 0 Å². The zero-order valence-electron chi connectivity index (χ0n) is 56.3. The number of carbonyl (C=O) groups is 5. The first kappa shape index (κ1) is 85.5. The van der Waals surface area contributed by atoms with Gasteiger partial charge in [0.2, 0.25) is 29.5 Å². The van der Waals surface area contributed by atoms with E-state index >= 15 is 0 Å². The van der Waals surface area contributed by atoms with Crippen molar-refractivity contribution in [2.45, 2.75) is 280 Å². The van der Waals surface area contributed by atoms with Crippen molar-refractivity contribution < 1.29 is 202 Å². The van der Waals surface area contributed by atoms with Crippen LogP contribution in [0.3, 0.4) is 0 Å². The van der Waals surface area contributed by atoms with Gasteiger partial charge in [-0.1, -0.05) is 0 Å². The number of amides is 5. The van der Waals surface area contributed by atoms with Crippen molar-refractivity contribution in [1.29, 1.82) is 0 Å². The molecule has 8 aliphatic heterocycles. The fourth-order valence-corrected chi connectivity index (χ4v) is 13.4. The van der Waals surface area contributed by atoms with Crippen molar-refractivity contribution >= 4 is 29.5 Å². The van der Waals surface area contributed by atoms with E-state index in [4.69, 9.17) is 71.1 Å². The van der Waals surface area contributed by atoms with Crippen molar-refractivity contribution in [3.63, 3.8) is 0 Å². The summed E-state index contributed by atoms with van der Waals surface area (Å²) in [5.41, 5.74) is 0. The second kappa shape index (κ2) is 37.5. The highest BCUT2D eigenvalue weighted by atomic mass is 16.8. The molecule has 8 saturated heterocycles. The molecule has 0 spiro atoms. The topological polar surface area (TPSA) is 709 Å². The van der Waals surface area contributed by atoms with Crippen LogP contribution in [-0.4, -0.2) is 435 Å². The van der Waals surface area contributed by atoms with Gasteiger partial charge in [-0.15, -0.1) is 0 Å². The first-order chi connectivity index (χ1) is 49.2. The highest BCUT2D eigenvalue weighted by Crippen LogP contribution is 2.39. The minimum atomic E-state index is -2.57. The molecule has 8 aliphatic rings. The van der Waals surface area contributed by atoms with E-state index in [-0.39, 0.29) is 0 Å². The Morgan fingerprint density at radius 2 is 0.519 bits per heavy atom. The number of ether oxygens (including phenoxy) is 15. The molecule has 0 aromatic rings. The van der Waals surface area contributed by atoms with E-state index in [0.717, 1.165) is 34.6 Å². The minimum Gasteiger partial charge on any atom is -0.394 e. The Labute approximate surface area is 589 Å².